The lowest BCUT2D eigenvalue weighted by Gasteiger charge is -2.06. The lowest BCUT2D eigenvalue weighted by atomic mass is 10.2. The van der Waals surface area contributed by atoms with Crippen LogP contribution in [0, 0.1) is 0 Å². The van der Waals surface area contributed by atoms with Crippen LogP contribution in [-0.4, -0.2) is 39.4 Å². The highest BCUT2D eigenvalue weighted by Crippen LogP contribution is 2.28. The number of fused-ring (bicyclic) bond motifs is 3. The van der Waals surface area contributed by atoms with Gasteiger partial charge in [0.25, 0.3) is 11.8 Å². The van der Waals surface area contributed by atoms with Crippen molar-refractivity contribution in [2.45, 2.75) is 6.42 Å². The van der Waals surface area contributed by atoms with E-state index in [1.54, 1.807) is 23.5 Å². The van der Waals surface area contributed by atoms with E-state index in [4.69, 9.17) is 0 Å². The number of carbonyl (C=O) groups excluding carboxylic acids is 2. The number of phenols is 1. The third-order valence-electron chi connectivity index (χ3n) is 4.00. The van der Waals surface area contributed by atoms with Gasteiger partial charge in [-0.05, 0) is 30.7 Å². The number of amides is 2. The fraction of sp³-hybridized carbons (Fsp3) is 0.167. The maximum absolute atomic E-state index is 12.3. The Morgan fingerprint density at radius 3 is 2.78 bits per heavy atom. The second-order valence-electron chi connectivity index (χ2n) is 5.88. The normalized spacial score (nSPS) is 11.1. The first-order chi connectivity index (χ1) is 13.1. The average molecular weight is 400 g/mol. The van der Waals surface area contributed by atoms with Crippen LogP contribution in [0.15, 0.2) is 41.9 Å². The van der Waals surface area contributed by atoms with Gasteiger partial charge in [0.15, 0.2) is 4.96 Å². The van der Waals surface area contributed by atoms with E-state index in [2.05, 4.69) is 15.6 Å². The molecular formula is C18H16N4O3S2. The van der Waals surface area contributed by atoms with Gasteiger partial charge in [0.1, 0.15) is 10.6 Å². The largest absolute Gasteiger partial charge is 0.508 e. The van der Waals surface area contributed by atoms with Crippen LogP contribution in [0.1, 0.15) is 26.5 Å². The predicted molar refractivity (Wildman–Crippen MR) is 106 cm³/mol. The minimum absolute atomic E-state index is 0.0530. The zero-order valence-electron chi connectivity index (χ0n) is 14.1. The number of hydrogen-bond acceptors (Lipinski definition) is 6. The molecule has 4 rings (SSSR count). The summed E-state index contributed by atoms with van der Waals surface area (Å²) >= 11 is 2.93. The quantitative estimate of drug-likeness (QED) is 0.434. The molecule has 0 aliphatic rings. The zero-order valence-corrected chi connectivity index (χ0v) is 15.8. The molecule has 0 aliphatic heterocycles. The number of phenolic OH excluding ortho intramolecular Hbond substituents is 1. The number of thiazole rings is 1. The van der Waals surface area contributed by atoms with E-state index >= 15 is 0 Å². The van der Waals surface area contributed by atoms with Crippen molar-refractivity contribution in [2.75, 3.05) is 13.1 Å². The summed E-state index contributed by atoms with van der Waals surface area (Å²) in [7, 11) is 0. The number of thiophene rings is 1. The summed E-state index contributed by atoms with van der Waals surface area (Å²) in [5.74, 6) is -0.337. The molecule has 0 fully saturated rings. The van der Waals surface area contributed by atoms with E-state index in [1.807, 2.05) is 22.0 Å². The van der Waals surface area contributed by atoms with Gasteiger partial charge < -0.3 is 15.7 Å². The molecule has 3 N–H and O–H groups in total. The van der Waals surface area contributed by atoms with Crippen molar-refractivity contribution in [3.8, 4) is 5.75 Å². The van der Waals surface area contributed by atoms with Crippen molar-refractivity contribution >= 4 is 49.8 Å². The van der Waals surface area contributed by atoms with Crippen molar-refractivity contribution in [3.05, 3.63) is 52.3 Å². The SMILES string of the molecule is O=C(NCCCNC(=O)c1cc2c(nc3sccn32)s1)c1cccc(O)c1. The molecule has 0 spiro atoms. The highest BCUT2D eigenvalue weighted by atomic mass is 32.1. The van der Waals surface area contributed by atoms with Crippen LogP contribution in [0.3, 0.4) is 0 Å². The molecule has 4 aromatic rings. The van der Waals surface area contributed by atoms with Crippen molar-refractivity contribution in [2.24, 2.45) is 0 Å². The Bertz CT molecular complexity index is 1130. The molecule has 27 heavy (non-hydrogen) atoms. The van der Waals surface area contributed by atoms with Crippen LogP contribution in [0.25, 0.3) is 15.3 Å². The van der Waals surface area contributed by atoms with Crippen LogP contribution >= 0.6 is 22.7 Å². The minimum Gasteiger partial charge on any atom is -0.508 e. The molecule has 0 saturated heterocycles. The number of aromatic nitrogens is 2. The van der Waals surface area contributed by atoms with Gasteiger partial charge in [0, 0.05) is 30.2 Å². The van der Waals surface area contributed by atoms with Crippen LogP contribution in [0.2, 0.25) is 0 Å². The summed E-state index contributed by atoms with van der Waals surface area (Å²) in [6.45, 7) is 0.884. The lowest BCUT2D eigenvalue weighted by molar-refractivity contribution is 0.0952. The first-order valence-electron chi connectivity index (χ1n) is 8.32. The van der Waals surface area contributed by atoms with Gasteiger partial charge in [0.05, 0.1) is 10.4 Å². The Hall–Kier alpha value is -2.91. The summed E-state index contributed by atoms with van der Waals surface area (Å²) in [6.07, 6.45) is 2.55. The van der Waals surface area contributed by atoms with Crippen LogP contribution in [-0.2, 0) is 0 Å². The number of aromatic hydroxyl groups is 1. The molecule has 3 heterocycles. The first kappa shape index (κ1) is 17.5. The van der Waals surface area contributed by atoms with Crippen molar-refractivity contribution in [1.82, 2.24) is 20.0 Å². The maximum atomic E-state index is 12.3. The minimum atomic E-state index is -0.253. The second kappa shape index (κ2) is 7.37. The standard InChI is InChI=1S/C18H16N4O3S2/c23-12-4-1-3-11(9-12)15(24)19-5-2-6-20-16(25)14-10-13-17(27-14)21-18-22(13)7-8-26-18/h1,3-4,7-10,23H,2,5-6H2,(H,19,24)(H,20,25). The third kappa shape index (κ3) is 3.64. The van der Waals surface area contributed by atoms with E-state index in [-0.39, 0.29) is 17.6 Å². The molecule has 2 amide bonds. The van der Waals surface area contributed by atoms with Crippen LogP contribution in [0.5, 0.6) is 5.75 Å². The Kier molecular flexibility index (Phi) is 4.78. The van der Waals surface area contributed by atoms with E-state index in [9.17, 15) is 14.7 Å². The molecule has 0 radical (unpaired) electrons. The predicted octanol–water partition coefficient (Wildman–Crippen LogP) is 2.87. The molecule has 0 bridgehead atoms. The first-order valence-corrected chi connectivity index (χ1v) is 10.0. The third-order valence-corrected chi connectivity index (χ3v) is 5.77. The number of rotatable bonds is 6. The number of nitrogens with one attached hydrogen (secondary N) is 2. The Morgan fingerprint density at radius 2 is 1.96 bits per heavy atom. The Morgan fingerprint density at radius 1 is 1.15 bits per heavy atom. The van der Waals surface area contributed by atoms with Gasteiger partial charge in [-0.1, -0.05) is 6.07 Å². The summed E-state index contributed by atoms with van der Waals surface area (Å²) in [5.41, 5.74) is 1.35. The molecule has 0 atom stereocenters. The van der Waals surface area contributed by atoms with Crippen molar-refractivity contribution in [3.63, 3.8) is 0 Å². The van der Waals surface area contributed by atoms with E-state index < -0.39 is 0 Å². The van der Waals surface area contributed by atoms with Crippen LogP contribution < -0.4 is 10.6 Å². The fourth-order valence-corrected chi connectivity index (χ4v) is 4.40. The zero-order chi connectivity index (χ0) is 18.8. The number of hydrogen-bond donors (Lipinski definition) is 3. The lowest BCUT2D eigenvalue weighted by Crippen LogP contribution is -2.29. The molecule has 0 aliphatic carbocycles. The van der Waals surface area contributed by atoms with E-state index in [0.717, 1.165) is 15.3 Å². The average Bonchev–Trinajstić information content (AvgIpc) is 3.33. The van der Waals surface area contributed by atoms with Gasteiger partial charge in [-0.15, -0.1) is 22.7 Å². The van der Waals surface area contributed by atoms with Crippen LogP contribution in [0.4, 0.5) is 0 Å². The number of carbonyl (C=O) groups is 2. The highest BCUT2D eigenvalue weighted by molar-refractivity contribution is 7.21. The molecule has 7 nitrogen and oxygen atoms in total. The summed E-state index contributed by atoms with van der Waals surface area (Å²) in [6, 6.07) is 8.03. The number of nitrogens with zero attached hydrogens (tertiary/aromatic N) is 2. The fourth-order valence-electron chi connectivity index (χ4n) is 2.69. The van der Waals surface area contributed by atoms with E-state index in [1.165, 1.54) is 23.5 Å². The van der Waals surface area contributed by atoms with Crippen molar-refractivity contribution in [1.29, 1.82) is 0 Å². The van der Waals surface area contributed by atoms with Gasteiger partial charge in [-0.2, -0.15) is 0 Å². The molecule has 3 aromatic heterocycles. The molecular weight excluding hydrogens is 384 g/mol. The van der Waals surface area contributed by atoms with Gasteiger partial charge >= 0.3 is 0 Å². The van der Waals surface area contributed by atoms with Gasteiger partial charge in [-0.25, -0.2) is 4.98 Å². The number of imidazole rings is 1. The highest BCUT2D eigenvalue weighted by Gasteiger charge is 2.14. The molecule has 0 saturated carbocycles. The molecule has 138 valence electrons. The van der Waals surface area contributed by atoms with Gasteiger partial charge in [0.2, 0.25) is 0 Å². The molecule has 0 unspecified atom stereocenters. The summed E-state index contributed by atoms with van der Waals surface area (Å²) < 4.78 is 1.98. The Labute approximate surface area is 162 Å². The molecule has 9 heteroatoms. The summed E-state index contributed by atoms with van der Waals surface area (Å²) in [4.78, 5) is 31.1. The van der Waals surface area contributed by atoms with Crippen molar-refractivity contribution < 1.29 is 14.7 Å². The number of benzene rings is 1. The topological polar surface area (TPSA) is 95.7 Å². The second-order valence-corrected chi connectivity index (χ2v) is 7.79. The smallest absolute Gasteiger partial charge is 0.261 e. The monoisotopic (exact) mass is 400 g/mol. The Balaban J connectivity index is 1.26. The summed E-state index contributed by atoms with van der Waals surface area (Å²) in [5, 5.41) is 17.0. The molecule has 1 aromatic carbocycles. The van der Waals surface area contributed by atoms with Gasteiger partial charge in [-0.3, -0.25) is 14.0 Å². The van der Waals surface area contributed by atoms with E-state index in [0.29, 0.717) is 30.0 Å². The maximum Gasteiger partial charge on any atom is 0.261 e.